The maximum Gasteiger partial charge on any atom is 0.322 e. The number of benzene rings is 2. The van der Waals surface area contributed by atoms with Gasteiger partial charge in [-0.3, -0.25) is 4.90 Å². The van der Waals surface area contributed by atoms with E-state index in [1.165, 1.54) is 24.6 Å². The molecule has 0 radical (unpaired) electrons. The fraction of sp³-hybridized carbons (Fsp3) is 0.481. The van der Waals surface area contributed by atoms with E-state index in [-0.39, 0.29) is 23.2 Å². The van der Waals surface area contributed by atoms with Crippen LogP contribution < -0.4 is 5.32 Å². The molecular weight excluding hydrogens is 467 g/mol. The van der Waals surface area contributed by atoms with E-state index in [0.29, 0.717) is 36.2 Å². The van der Waals surface area contributed by atoms with Crippen molar-refractivity contribution in [3.63, 3.8) is 0 Å². The van der Waals surface area contributed by atoms with Crippen LogP contribution in [0, 0.1) is 34.9 Å². The number of carbonyl (C=O) groups is 1. The number of nitriles is 1. The maximum absolute atomic E-state index is 13.4. The minimum absolute atomic E-state index is 0.00199. The van der Waals surface area contributed by atoms with Crippen LogP contribution in [-0.4, -0.2) is 59.3 Å². The largest absolute Gasteiger partial charge is 0.392 e. The smallest absolute Gasteiger partial charge is 0.322 e. The van der Waals surface area contributed by atoms with Crippen LogP contribution in [0.25, 0.3) is 0 Å². The van der Waals surface area contributed by atoms with E-state index in [1.54, 1.807) is 12.1 Å². The van der Waals surface area contributed by atoms with Gasteiger partial charge in [-0.2, -0.15) is 5.26 Å². The number of rotatable bonds is 5. The molecule has 0 bridgehead atoms. The Morgan fingerprint density at radius 2 is 2.03 bits per heavy atom. The summed E-state index contributed by atoms with van der Waals surface area (Å²) in [5.74, 6) is 1.54. The first-order valence-electron chi connectivity index (χ1n) is 12.3. The summed E-state index contributed by atoms with van der Waals surface area (Å²) in [4.78, 5) is 17.2. The minimum atomic E-state index is -0.496. The molecule has 0 spiro atoms. The quantitative estimate of drug-likeness (QED) is 0.609. The number of hydrogen-bond donors (Lipinski definition) is 2. The number of nitrogens with one attached hydrogen (secondary N) is 1. The number of aliphatic hydroxyl groups is 1. The number of carbonyl (C=O) groups excluding carboxylic acids is 1. The number of likely N-dealkylation sites (tertiary alicyclic amines) is 1. The lowest BCUT2D eigenvalue weighted by Crippen LogP contribution is -2.47. The highest BCUT2D eigenvalue weighted by Gasteiger charge is 2.57. The average molecular weight is 499 g/mol. The lowest BCUT2D eigenvalue weighted by atomic mass is 10.1. The second kappa shape index (κ2) is 11.4. The topological polar surface area (TPSA) is 79.6 Å². The zero-order valence-electron chi connectivity index (χ0n) is 19.9. The minimum Gasteiger partial charge on any atom is -0.392 e. The Morgan fingerprint density at radius 3 is 2.60 bits per heavy atom. The third-order valence-corrected chi connectivity index (χ3v) is 7.81. The number of nitrogens with zero attached hydrogens (tertiary/aromatic N) is 3. The van der Waals surface area contributed by atoms with E-state index in [4.69, 9.17) is 16.9 Å². The van der Waals surface area contributed by atoms with Crippen LogP contribution in [0.3, 0.4) is 0 Å². The van der Waals surface area contributed by atoms with Crippen molar-refractivity contribution in [3.8, 4) is 6.07 Å². The molecule has 2 aliphatic carbocycles. The summed E-state index contributed by atoms with van der Waals surface area (Å²) in [6.45, 7) is 5.21. The van der Waals surface area contributed by atoms with Crippen LogP contribution >= 0.6 is 11.6 Å². The fourth-order valence-electron chi connectivity index (χ4n) is 5.55. The number of fused-ring (bicyclic) bond motifs is 1. The van der Waals surface area contributed by atoms with Crippen molar-refractivity contribution in [2.24, 2.45) is 17.8 Å². The molecule has 0 aromatic heterocycles. The summed E-state index contributed by atoms with van der Waals surface area (Å²) in [5.41, 5.74) is 1.22. The first-order valence-corrected chi connectivity index (χ1v) is 12.6. The number of anilines is 1. The number of urea groups is 1. The second-order valence-electron chi connectivity index (χ2n) is 9.72. The Hall–Kier alpha value is -2.66. The van der Waals surface area contributed by atoms with Crippen molar-refractivity contribution in [1.29, 1.82) is 5.26 Å². The maximum atomic E-state index is 13.4. The first kappa shape index (κ1) is 25.4. The van der Waals surface area contributed by atoms with E-state index in [2.05, 4.69) is 17.1 Å². The van der Waals surface area contributed by atoms with E-state index >= 15 is 0 Å². The molecule has 2 amide bonds. The summed E-state index contributed by atoms with van der Waals surface area (Å²) in [7, 11) is 0. The van der Waals surface area contributed by atoms with Gasteiger partial charge in [0.05, 0.1) is 22.8 Å². The third kappa shape index (κ3) is 6.32. The SMILES string of the molecule is CC1C2CCC(N(CCN3CCC(O)C3)C(=O)Nc3ccc(F)c(Cl)c3)C12.N#Cc1ccccc1. The predicted molar refractivity (Wildman–Crippen MR) is 135 cm³/mol. The van der Waals surface area contributed by atoms with Gasteiger partial charge in [-0.25, -0.2) is 9.18 Å². The second-order valence-corrected chi connectivity index (χ2v) is 10.1. The average Bonchev–Trinajstić information content (AvgIpc) is 3.17. The lowest BCUT2D eigenvalue weighted by molar-refractivity contribution is 0.153. The van der Waals surface area contributed by atoms with E-state index in [1.807, 2.05) is 29.2 Å². The van der Waals surface area contributed by atoms with Crippen LogP contribution in [0.4, 0.5) is 14.9 Å². The Morgan fingerprint density at radius 1 is 1.26 bits per heavy atom. The molecule has 2 aromatic carbocycles. The third-order valence-electron chi connectivity index (χ3n) is 7.52. The summed E-state index contributed by atoms with van der Waals surface area (Å²) >= 11 is 5.84. The van der Waals surface area contributed by atoms with Gasteiger partial charge < -0.3 is 15.3 Å². The van der Waals surface area contributed by atoms with Gasteiger partial charge >= 0.3 is 6.03 Å². The normalized spacial score (nSPS) is 26.8. The van der Waals surface area contributed by atoms with Crippen molar-refractivity contribution in [3.05, 3.63) is 64.9 Å². The van der Waals surface area contributed by atoms with Crippen molar-refractivity contribution in [2.75, 3.05) is 31.5 Å². The zero-order valence-corrected chi connectivity index (χ0v) is 20.7. The molecule has 1 saturated heterocycles. The van der Waals surface area contributed by atoms with Gasteiger partial charge in [0.15, 0.2) is 0 Å². The number of amides is 2. The van der Waals surface area contributed by atoms with E-state index < -0.39 is 5.82 Å². The lowest BCUT2D eigenvalue weighted by Gasteiger charge is -2.32. The van der Waals surface area contributed by atoms with Crippen LogP contribution in [0.5, 0.6) is 0 Å². The molecular formula is C27H32ClFN4O2. The molecule has 6 nitrogen and oxygen atoms in total. The summed E-state index contributed by atoms with van der Waals surface area (Å²) in [6.07, 6.45) is 2.77. The Labute approximate surface area is 211 Å². The van der Waals surface area contributed by atoms with E-state index in [9.17, 15) is 14.3 Å². The van der Waals surface area contributed by atoms with Crippen molar-refractivity contribution < 1.29 is 14.3 Å². The molecule has 5 unspecified atom stereocenters. The van der Waals surface area contributed by atoms with Crippen LogP contribution in [-0.2, 0) is 0 Å². The van der Waals surface area contributed by atoms with Gasteiger partial charge in [-0.1, -0.05) is 36.7 Å². The zero-order chi connectivity index (χ0) is 24.9. The van der Waals surface area contributed by atoms with Crippen LogP contribution in [0.2, 0.25) is 5.02 Å². The molecule has 8 heteroatoms. The number of halogens is 2. The Balaban J connectivity index is 0.000000308. The van der Waals surface area contributed by atoms with Crippen LogP contribution in [0.1, 0.15) is 31.7 Å². The monoisotopic (exact) mass is 498 g/mol. The van der Waals surface area contributed by atoms with Crippen molar-refractivity contribution in [1.82, 2.24) is 9.80 Å². The molecule has 5 rings (SSSR count). The highest BCUT2D eigenvalue weighted by molar-refractivity contribution is 6.31. The molecule has 3 aliphatic rings. The molecule has 35 heavy (non-hydrogen) atoms. The predicted octanol–water partition coefficient (Wildman–Crippen LogP) is 4.98. The van der Waals surface area contributed by atoms with E-state index in [0.717, 1.165) is 31.8 Å². The molecule has 2 aromatic rings. The molecule has 1 aliphatic heterocycles. The fourth-order valence-corrected chi connectivity index (χ4v) is 5.73. The van der Waals surface area contributed by atoms with Crippen molar-refractivity contribution in [2.45, 2.75) is 38.3 Å². The number of aliphatic hydroxyl groups excluding tert-OH is 1. The molecule has 1 heterocycles. The molecule has 2 saturated carbocycles. The van der Waals surface area contributed by atoms with Crippen LogP contribution in [0.15, 0.2) is 48.5 Å². The van der Waals surface area contributed by atoms with Gasteiger partial charge in [0.25, 0.3) is 0 Å². The standard InChI is InChI=1S/C20H27ClFN3O2.C7H5N/c1-12-15-3-5-18(19(12)15)25(9-8-24-7-6-14(26)11-24)20(27)23-13-2-4-17(22)16(21)10-13;8-6-7-4-2-1-3-5-7/h2,4,10,12,14-15,18-19,26H,3,5-9,11H2,1H3,(H,23,27);1-5H. The van der Waals surface area contributed by atoms with Gasteiger partial charge in [-0.05, 0) is 67.3 Å². The summed E-state index contributed by atoms with van der Waals surface area (Å²) < 4.78 is 13.4. The highest BCUT2D eigenvalue weighted by atomic mass is 35.5. The number of β-amino-alcohol motifs (C(OH)–C–C–N with tert-alkyl or cyclic N) is 1. The Bertz CT molecular complexity index is 1060. The molecule has 3 fully saturated rings. The molecule has 2 N–H and O–H groups in total. The summed E-state index contributed by atoms with van der Waals surface area (Å²) in [6, 6.07) is 15.5. The first-order chi connectivity index (χ1) is 16.9. The number of hydrogen-bond acceptors (Lipinski definition) is 4. The van der Waals surface area contributed by atoms with Gasteiger partial charge in [0.2, 0.25) is 0 Å². The highest BCUT2D eigenvalue weighted by Crippen LogP contribution is 2.58. The van der Waals surface area contributed by atoms with Gasteiger partial charge in [0.1, 0.15) is 5.82 Å². The Kier molecular flexibility index (Phi) is 8.27. The summed E-state index contributed by atoms with van der Waals surface area (Å²) in [5, 5.41) is 20.9. The van der Waals surface area contributed by atoms with Gasteiger partial charge in [0, 0.05) is 37.9 Å². The van der Waals surface area contributed by atoms with Gasteiger partial charge in [-0.15, -0.1) is 0 Å². The molecule has 186 valence electrons. The van der Waals surface area contributed by atoms with Crippen molar-refractivity contribution >= 4 is 23.3 Å². The molecule has 5 atom stereocenters.